The number of carbonyl (C=O) groups is 2. The molecule has 0 aliphatic carbocycles. The van der Waals surface area contributed by atoms with Crippen molar-refractivity contribution in [3.05, 3.63) is 23.8 Å². The summed E-state index contributed by atoms with van der Waals surface area (Å²) in [5.74, 6) is 0.168. The van der Waals surface area contributed by atoms with E-state index in [1.165, 1.54) is 0 Å². The first-order valence-electron chi connectivity index (χ1n) is 12.2. The summed E-state index contributed by atoms with van der Waals surface area (Å²) in [4.78, 5) is 24.1. The molecular formula is C26H47NO6Si2. The Kier molecular flexibility index (Phi) is 9.34. The lowest BCUT2D eigenvalue weighted by molar-refractivity contribution is -0.139. The highest BCUT2D eigenvalue weighted by atomic mass is 28.4. The summed E-state index contributed by atoms with van der Waals surface area (Å²) in [6, 6.07) is 4.42. The predicted molar refractivity (Wildman–Crippen MR) is 147 cm³/mol. The highest BCUT2D eigenvalue weighted by Crippen LogP contribution is 2.43. The van der Waals surface area contributed by atoms with Gasteiger partial charge in [-0.15, -0.1) is 0 Å². The number of carboxylic acids is 1. The monoisotopic (exact) mass is 525 g/mol. The standard InChI is InChI=1S/C26H47NO6Si2/c1-24(2,3)31-23(30)27-19(22(28)29)16-18-14-15-20(32-34(10,11)25(4,5)6)21(17-18)33-35(12,13)26(7,8)9/h14-15,17,19H,16H2,1-13H3,(H,27,30)(H,28,29)/t19-/m0/s1. The number of amides is 1. The maximum absolute atomic E-state index is 12.2. The van der Waals surface area contributed by atoms with Gasteiger partial charge in [0.05, 0.1) is 0 Å². The van der Waals surface area contributed by atoms with Gasteiger partial charge in [0.15, 0.2) is 0 Å². The zero-order valence-corrected chi connectivity index (χ0v) is 26.0. The number of hydrogen-bond acceptors (Lipinski definition) is 5. The van der Waals surface area contributed by atoms with Gasteiger partial charge in [-0.2, -0.15) is 0 Å². The van der Waals surface area contributed by atoms with Gasteiger partial charge in [0.2, 0.25) is 0 Å². The maximum Gasteiger partial charge on any atom is 0.408 e. The summed E-state index contributed by atoms with van der Waals surface area (Å²) in [7, 11) is -4.35. The molecule has 0 aliphatic heterocycles. The van der Waals surface area contributed by atoms with Crippen LogP contribution in [0.4, 0.5) is 4.79 Å². The minimum absolute atomic E-state index is 0.00561. The summed E-state index contributed by atoms with van der Waals surface area (Å²) < 4.78 is 18.5. The summed E-state index contributed by atoms with van der Waals surface area (Å²) in [5, 5.41) is 12.2. The van der Waals surface area contributed by atoms with E-state index in [0.717, 1.165) is 5.56 Å². The first-order valence-corrected chi connectivity index (χ1v) is 18.0. The third-order valence-electron chi connectivity index (χ3n) is 6.78. The third kappa shape index (κ3) is 9.18. The van der Waals surface area contributed by atoms with Gasteiger partial charge in [-0.25, -0.2) is 9.59 Å². The number of alkyl carbamates (subject to hydrolysis) is 1. The summed E-state index contributed by atoms with van der Waals surface area (Å²) in [5.41, 5.74) is 0.00444. The lowest BCUT2D eigenvalue weighted by Crippen LogP contribution is -2.46. The number of aliphatic carboxylic acids is 1. The van der Waals surface area contributed by atoms with Gasteiger partial charge in [-0.3, -0.25) is 0 Å². The van der Waals surface area contributed by atoms with Gasteiger partial charge < -0.3 is 24.0 Å². The SMILES string of the molecule is CC(C)(C)OC(=O)N[C@@H](Cc1ccc(O[Si](C)(C)C(C)(C)C)c(O[Si](C)(C)C(C)(C)C)c1)C(=O)O. The number of ether oxygens (including phenoxy) is 1. The highest BCUT2D eigenvalue weighted by Gasteiger charge is 2.42. The topological polar surface area (TPSA) is 94.1 Å². The summed E-state index contributed by atoms with van der Waals surface area (Å²) >= 11 is 0. The van der Waals surface area contributed by atoms with Crippen LogP contribution >= 0.6 is 0 Å². The average Bonchev–Trinajstić information content (AvgIpc) is 2.59. The summed E-state index contributed by atoms with van der Waals surface area (Å²) in [6.45, 7) is 26.9. The van der Waals surface area contributed by atoms with E-state index in [-0.39, 0.29) is 16.5 Å². The van der Waals surface area contributed by atoms with Gasteiger partial charge in [-0.1, -0.05) is 47.6 Å². The number of benzene rings is 1. The molecule has 0 spiro atoms. The van der Waals surface area contributed by atoms with E-state index in [2.05, 4.69) is 73.0 Å². The maximum atomic E-state index is 12.2. The normalized spacial score (nSPS) is 14.2. The Morgan fingerprint density at radius 1 is 0.857 bits per heavy atom. The third-order valence-corrected chi connectivity index (χ3v) is 15.5. The molecule has 1 atom stereocenters. The van der Waals surface area contributed by atoms with Crippen molar-refractivity contribution in [3.63, 3.8) is 0 Å². The average molecular weight is 526 g/mol. The van der Waals surface area contributed by atoms with Crippen molar-refractivity contribution in [3.8, 4) is 11.5 Å². The van der Waals surface area contributed by atoms with Crippen LogP contribution in [0.5, 0.6) is 11.5 Å². The molecule has 1 aromatic rings. The quantitative estimate of drug-likeness (QED) is 0.356. The predicted octanol–water partition coefficient (Wildman–Crippen LogP) is 6.98. The second-order valence-corrected chi connectivity index (χ2v) is 22.7. The van der Waals surface area contributed by atoms with Gasteiger partial charge in [0, 0.05) is 6.42 Å². The second kappa shape index (κ2) is 10.5. The molecule has 0 fully saturated rings. The molecule has 0 bridgehead atoms. The molecule has 7 nitrogen and oxygen atoms in total. The molecule has 1 aromatic carbocycles. The molecule has 1 rings (SSSR count). The van der Waals surface area contributed by atoms with Crippen molar-refractivity contribution in [2.24, 2.45) is 0 Å². The van der Waals surface area contributed by atoms with Crippen molar-refractivity contribution in [2.75, 3.05) is 0 Å². The Bertz CT molecular complexity index is 908. The van der Waals surface area contributed by atoms with Crippen LogP contribution in [0.3, 0.4) is 0 Å². The van der Waals surface area contributed by atoms with E-state index < -0.39 is 40.3 Å². The minimum atomic E-state index is -2.21. The Hall–Kier alpha value is -2.01. The van der Waals surface area contributed by atoms with Crippen LogP contribution in [0.2, 0.25) is 36.3 Å². The molecule has 0 unspecified atom stereocenters. The zero-order valence-electron chi connectivity index (χ0n) is 24.0. The largest absolute Gasteiger partial charge is 0.541 e. The first-order chi connectivity index (χ1) is 15.5. The molecule has 2 N–H and O–H groups in total. The van der Waals surface area contributed by atoms with E-state index in [0.29, 0.717) is 11.5 Å². The van der Waals surface area contributed by atoms with Crippen LogP contribution < -0.4 is 14.2 Å². The van der Waals surface area contributed by atoms with Gasteiger partial charge in [0.25, 0.3) is 16.6 Å². The molecule has 0 saturated heterocycles. The lowest BCUT2D eigenvalue weighted by Gasteiger charge is -2.39. The zero-order chi connectivity index (χ0) is 27.6. The second-order valence-electron chi connectivity index (χ2n) is 13.2. The lowest BCUT2D eigenvalue weighted by atomic mass is 10.1. The molecule has 200 valence electrons. The van der Waals surface area contributed by atoms with Crippen molar-refractivity contribution in [1.29, 1.82) is 0 Å². The van der Waals surface area contributed by atoms with E-state index in [1.54, 1.807) is 20.8 Å². The summed E-state index contributed by atoms with van der Waals surface area (Å²) in [6.07, 6.45) is -0.677. The Balaban J connectivity index is 3.37. The van der Waals surface area contributed by atoms with E-state index in [9.17, 15) is 14.7 Å². The molecule has 35 heavy (non-hydrogen) atoms. The Morgan fingerprint density at radius 3 is 1.71 bits per heavy atom. The molecule has 0 aromatic heterocycles. The number of nitrogens with one attached hydrogen (secondary N) is 1. The molecule has 1 amide bonds. The van der Waals surface area contributed by atoms with Crippen LogP contribution in [0.1, 0.15) is 67.9 Å². The van der Waals surface area contributed by atoms with Crippen molar-refractivity contribution >= 4 is 28.7 Å². The highest BCUT2D eigenvalue weighted by molar-refractivity contribution is 6.75. The smallest absolute Gasteiger partial charge is 0.408 e. The van der Waals surface area contributed by atoms with E-state index in [1.807, 2.05) is 18.2 Å². The van der Waals surface area contributed by atoms with Crippen LogP contribution in [0, 0.1) is 0 Å². The van der Waals surface area contributed by atoms with Crippen molar-refractivity contribution in [1.82, 2.24) is 5.32 Å². The molecule has 0 radical (unpaired) electrons. The fraction of sp³-hybridized carbons (Fsp3) is 0.692. The minimum Gasteiger partial charge on any atom is -0.541 e. The van der Waals surface area contributed by atoms with Gasteiger partial charge in [0.1, 0.15) is 23.1 Å². The van der Waals surface area contributed by atoms with E-state index in [4.69, 9.17) is 13.6 Å². The molecular weight excluding hydrogens is 478 g/mol. The molecule has 0 aliphatic rings. The Labute approximate surface area is 214 Å². The van der Waals surface area contributed by atoms with Gasteiger partial charge in [-0.05, 0) is 74.7 Å². The molecule has 9 heteroatoms. The fourth-order valence-electron chi connectivity index (χ4n) is 2.59. The van der Waals surface area contributed by atoms with E-state index >= 15 is 0 Å². The van der Waals surface area contributed by atoms with Crippen LogP contribution in [0.15, 0.2) is 18.2 Å². The Morgan fingerprint density at radius 2 is 1.31 bits per heavy atom. The number of hydrogen-bond donors (Lipinski definition) is 2. The number of carboxylic acid groups (broad SMARTS) is 1. The first kappa shape index (κ1) is 31.0. The van der Waals surface area contributed by atoms with Crippen LogP contribution in [-0.2, 0) is 16.0 Å². The molecule has 0 saturated carbocycles. The van der Waals surface area contributed by atoms with Crippen LogP contribution in [-0.4, -0.2) is 45.4 Å². The number of rotatable bonds is 8. The van der Waals surface area contributed by atoms with Crippen molar-refractivity contribution in [2.45, 2.75) is 117 Å². The van der Waals surface area contributed by atoms with Crippen molar-refractivity contribution < 1.29 is 28.3 Å². The van der Waals surface area contributed by atoms with Gasteiger partial charge >= 0.3 is 12.1 Å². The number of carbonyl (C=O) groups excluding carboxylic acids is 1. The molecule has 0 heterocycles. The van der Waals surface area contributed by atoms with Crippen LogP contribution in [0.25, 0.3) is 0 Å². The fourth-order valence-corrected chi connectivity index (χ4v) is 4.63.